The number of esters is 2. The van der Waals surface area contributed by atoms with Crippen LogP contribution in [0.3, 0.4) is 0 Å². The van der Waals surface area contributed by atoms with Crippen molar-refractivity contribution in [2.45, 2.75) is 12.5 Å². The van der Waals surface area contributed by atoms with Gasteiger partial charge in [0.15, 0.2) is 0 Å². The maximum atomic E-state index is 13.2. The van der Waals surface area contributed by atoms with Crippen molar-refractivity contribution in [3.05, 3.63) is 96.1 Å². The molecule has 0 aliphatic carbocycles. The summed E-state index contributed by atoms with van der Waals surface area (Å²) in [6.45, 7) is -0.435. The van der Waals surface area contributed by atoms with Gasteiger partial charge in [0.05, 0.1) is 14.2 Å². The lowest BCUT2D eigenvalue weighted by atomic mass is 10.0. The van der Waals surface area contributed by atoms with Crippen molar-refractivity contribution in [3.63, 3.8) is 0 Å². The lowest BCUT2D eigenvalue weighted by Gasteiger charge is -2.27. The number of fused-ring (bicyclic) bond motifs is 2. The second-order valence-corrected chi connectivity index (χ2v) is 8.25. The summed E-state index contributed by atoms with van der Waals surface area (Å²) in [5.41, 5.74) is 1.46. The molecule has 1 atom stereocenters. The SMILES string of the molecule is COC(=O)CN(C(=O)C#Cc1ccc2ccccc2c1)C(Cc1ccc2ccccc2c1)C(=O)OC. The molecular formula is C30H25NO5. The number of amides is 1. The molecule has 0 aliphatic rings. The molecule has 0 saturated heterocycles. The van der Waals surface area contributed by atoms with Gasteiger partial charge < -0.3 is 14.4 Å². The molecule has 4 aromatic rings. The predicted molar refractivity (Wildman–Crippen MR) is 138 cm³/mol. The van der Waals surface area contributed by atoms with Crippen LogP contribution in [-0.2, 0) is 30.3 Å². The lowest BCUT2D eigenvalue weighted by Crippen LogP contribution is -2.49. The average Bonchev–Trinajstić information content (AvgIpc) is 2.92. The Kier molecular flexibility index (Phi) is 7.62. The first-order chi connectivity index (χ1) is 17.5. The fourth-order valence-corrected chi connectivity index (χ4v) is 4.04. The lowest BCUT2D eigenvalue weighted by molar-refractivity contribution is -0.155. The monoisotopic (exact) mass is 479 g/mol. The van der Waals surface area contributed by atoms with Crippen molar-refractivity contribution < 1.29 is 23.9 Å². The van der Waals surface area contributed by atoms with Crippen LogP contribution in [0.15, 0.2) is 84.9 Å². The molecule has 0 N–H and O–H groups in total. The van der Waals surface area contributed by atoms with E-state index >= 15 is 0 Å². The summed E-state index contributed by atoms with van der Waals surface area (Å²) in [7, 11) is 2.47. The summed E-state index contributed by atoms with van der Waals surface area (Å²) in [6, 6.07) is 26.0. The number of hydrogen-bond donors (Lipinski definition) is 0. The zero-order valence-electron chi connectivity index (χ0n) is 20.1. The summed E-state index contributed by atoms with van der Waals surface area (Å²) in [5, 5.41) is 4.11. The highest BCUT2D eigenvalue weighted by molar-refractivity contribution is 5.99. The average molecular weight is 480 g/mol. The van der Waals surface area contributed by atoms with Crippen LogP contribution < -0.4 is 0 Å². The first-order valence-electron chi connectivity index (χ1n) is 11.4. The first kappa shape index (κ1) is 24.5. The summed E-state index contributed by atoms with van der Waals surface area (Å²) in [5.74, 6) is 3.47. The molecule has 0 fully saturated rings. The van der Waals surface area contributed by atoms with Crippen LogP contribution in [0.5, 0.6) is 0 Å². The quantitative estimate of drug-likeness (QED) is 0.307. The van der Waals surface area contributed by atoms with Gasteiger partial charge in [-0.1, -0.05) is 78.7 Å². The molecule has 1 unspecified atom stereocenters. The van der Waals surface area contributed by atoms with E-state index in [-0.39, 0.29) is 6.42 Å². The molecule has 0 aromatic heterocycles. The Bertz CT molecular complexity index is 1500. The van der Waals surface area contributed by atoms with E-state index in [1.807, 2.05) is 84.9 Å². The largest absolute Gasteiger partial charge is 0.468 e. The van der Waals surface area contributed by atoms with Crippen LogP contribution in [0.2, 0.25) is 0 Å². The van der Waals surface area contributed by atoms with Gasteiger partial charge >= 0.3 is 11.9 Å². The number of carbonyl (C=O) groups is 3. The standard InChI is InChI=1S/C30H25NO5/c1-35-29(33)20-31(28(32)16-13-21-11-14-23-7-3-5-9-25(23)17-21)27(30(34)36-2)19-22-12-15-24-8-4-6-10-26(24)18-22/h3-12,14-15,17-18,27H,19-20H2,1-2H3. The molecule has 6 heteroatoms. The zero-order valence-corrected chi connectivity index (χ0v) is 20.1. The van der Waals surface area contributed by atoms with E-state index in [0.29, 0.717) is 5.56 Å². The predicted octanol–water partition coefficient (Wildman–Crippen LogP) is 4.13. The normalized spacial score (nSPS) is 11.3. The fourth-order valence-electron chi connectivity index (χ4n) is 4.04. The second kappa shape index (κ2) is 11.2. The number of benzene rings is 4. The minimum Gasteiger partial charge on any atom is -0.468 e. The maximum absolute atomic E-state index is 13.2. The second-order valence-electron chi connectivity index (χ2n) is 8.25. The third-order valence-electron chi connectivity index (χ3n) is 5.94. The first-order valence-corrected chi connectivity index (χ1v) is 11.4. The van der Waals surface area contributed by atoms with E-state index in [2.05, 4.69) is 11.8 Å². The highest BCUT2D eigenvalue weighted by Crippen LogP contribution is 2.19. The van der Waals surface area contributed by atoms with Crippen LogP contribution >= 0.6 is 0 Å². The molecule has 6 nitrogen and oxygen atoms in total. The van der Waals surface area contributed by atoms with Crippen LogP contribution in [0, 0.1) is 11.8 Å². The van der Waals surface area contributed by atoms with Crippen molar-refractivity contribution in [2.75, 3.05) is 20.8 Å². The molecule has 36 heavy (non-hydrogen) atoms. The summed E-state index contributed by atoms with van der Waals surface area (Å²) < 4.78 is 9.78. The molecule has 0 radical (unpaired) electrons. The maximum Gasteiger partial charge on any atom is 0.328 e. The van der Waals surface area contributed by atoms with Gasteiger partial charge in [0.25, 0.3) is 5.91 Å². The van der Waals surface area contributed by atoms with Gasteiger partial charge in [-0.15, -0.1) is 0 Å². The molecule has 0 saturated carbocycles. The Morgan fingerprint density at radius 3 is 2.03 bits per heavy atom. The Hall–Kier alpha value is -4.63. The smallest absolute Gasteiger partial charge is 0.328 e. The third kappa shape index (κ3) is 5.70. The van der Waals surface area contributed by atoms with Crippen molar-refractivity contribution in [3.8, 4) is 11.8 Å². The third-order valence-corrected chi connectivity index (χ3v) is 5.94. The Morgan fingerprint density at radius 2 is 1.39 bits per heavy atom. The van der Waals surface area contributed by atoms with Gasteiger partial charge in [0.2, 0.25) is 0 Å². The number of carbonyl (C=O) groups excluding carboxylic acids is 3. The van der Waals surface area contributed by atoms with E-state index in [0.717, 1.165) is 32.0 Å². The molecule has 180 valence electrons. The van der Waals surface area contributed by atoms with Crippen LogP contribution in [-0.4, -0.2) is 49.6 Å². The molecule has 0 aliphatic heterocycles. The number of nitrogens with zero attached hydrogens (tertiary/aromatic N) is 1. The summed E-state index contributed by atoms with van der Waals surface area (Å²) in [6.07, 6.45) is 0.151. The van der Waals surface area contributed by atoms with Gasteiger partial charge in [0, 0.05) is 17.9 Å². The minimum atomic E-state index is -1.06. The highest BCUT2D eigenvalue weighted by Gasteiger charge is 2.32. The van der Waals surface area contributed by atoms with Crippen LogP contribution in [0.1, 0.15) is 11.1 Å². The molecule has 0 bridgehead atoms. The summed E-state index contributed by atoms with van der Waals surface area (Å²) >= 11 is 0. The van der Waals surface area contributed by atoms with Crippen molar-refractivity contribution >= 4 is 39.4 Å². The fraction of sp³-hybridized carbons (Fsp3) is 0.167. The Labute approximate surface area is 209 Å². The van der Waals surface area contributed by atoms with E-state index in [1.54, 1.807) is 0 Å². The van der Waals surface area contributed by atoms with Gasteiger partial charge in [-0.2, -0.15) is 0 Å². The molecule has 0 heterocycles. The van der Waals surface area contributed by atoms with Crippen molar-refractivity contribution in [1.82, 2.24) is 4.90 Å². The number of methoxy groups -OCH3 is 2. The highest BCUT2D eigenvalue weighted by atomic mass is 16.5. The topological polar surface area (TPSA) is 72.9 Å². The van der Waals surface area contributed by atoms with Crippen LogP contribution in [0.25, 0.3) is 21.5 Å². The Balaban J connectivity index is 1.65. The van der Waals surface area contributed by atoms with Gasteiger partial charge in [-0.3, -0.25) is 9.59 Å². The van der Waals surface area contributed by atoms with E-state index < -0.39 is 30.4 Å². The van der Waals surface area contributed by atoms with Crippen molar-refractivity contribution in [2.24, 2.45) is 0 Å². The number of rotatable bonds is 6. The Morgan fingerprint density at radius 1 is 0.778 bits per heavy atom. The molecule has 1 amide bonds. The van der Waals surface area contributed by atoms with Crippen molar-refractivity contribution in [1.29, 1.82) is 0 Å². The number of hydrogen-bond acceptors (Lipinski definition) is 5. The van der Waals surface area contributed by atoms with E-state index in [1.165, 1.54) is 14.2 Å². The molecule has 4 aromatic carbocycles. The van der Waals surface area contributed by atoms with Gasteiger partial charge in [0.1, 0.15) is 12.6 Å². The van der Waals surface area contributed by atoms with Gasteiger partial charge in [-0.05, 0) is 39.2 Å². The molecule has 0 spiro atoms. The van der Waals surface area contributed by atoms with E-state index in [9.17, 15) is 14.4 Å². The summed E-state index contributed by atoms with van der Waals surface area (Å²) in [4.78, 5) is 39.3. The number of ether oxygens (including phenoxy) is 2. The zero-order chi connectivity index (χ0) is 25.5. The molecular weight excluding hydrogens is 454 g/mol. The van der Waals surface area contributed by atoms with E-state index in [4.69, 9.17) is 9.47 Å². The minimum absolute atomic E-state index is 0.151. The van der Waals surface area contributed by atoms with Crippen LogP contribution in [0.4, 0.5) is 0 Å². The molecule has 4 rings (SSSR count). The van der Waals surface area contributed by atoms with Gasteiger partial charge in [-0.25, -0.2) is 4.79 Å².